The minimum absolute atomic E-state index is 0.357. The van der Waals surface area contributed by atoms with Crippen LogP contribution in [0.3, 0.4) is 0 Å². The van der Waals surface area contributed by atoms with Crippen molar-refractivity contribution >= 4 is 11.6 Å². The Morgan fingerprint density at radius 3 is 2.78 bits per heavy atom. The van der Waals surface area contributed by atoms with E-state index >= 15 is 0 Å². The first-order valence-corrected chi connectivity index (χ1v) is 6.49. The lowest BCUT2D eigenvalue weighted by atomic mass is 9.98. The molecular weight excluding hydrogens is 226 g/mol. The van der Waals surface area contributed by atoms with Crippen LogP contribution in [0.5, 0.6) is 0 Å². The van der Waals surface area contributed by atoms with Gasteiger partial charge in [0.2, 0.25) is 0 Å². The minimum atomic E-state index is 0.357. The summed E-state index contributed by atoms with van der Waals surface area (Å²) in [6.45, 7) is 4.57. The second kappa shape index (κ2) is 4.61. The van der Waals surface area contributed by atoms with Gasteiger partial charge in [0, 0.05) is 18.2 Å². The van der Waals surface area contributed by atoms with E-state index in [1.54, 1.807) is 0 Å². The number of hydrogen-bond donors (Lipinski definition) is 1. The number of guanidine groups is 1. The highest BCUT2D eigenvalue weighted by atomic mass is 16.5. The van der Waals surface area contributed by atoms with Crippen molar-refractivity contribution in [2.24, 2.45) is 16.6 Å². The van der Waals surface area contributed by atoms with E-state index in [2.05, 4.69) is 41.1 Å². The topological polar surface area (TPSA) is 50.8 Å². The van der Waals surface area contributed by atoms with Gasteiger partial charge in [-0.25, -0.2) is 0 Å². The number of nitrogens with two attached hydrogens (primary N) is 1. The zero-order chi connectivity index (χ0) is 12.5. The van der Waals surface area contributed by atoms with Crippen molar-refractivity contribution in [3.8, 4) is 0 Å². The van der Waals surface area contributed by atoms with Crippen LogP contribution in [0, 0.1) is 12.8 Å². The lowest BCUT2D eigenvalue weighted by Crippen LogP contribution is -2.45. The molecule has 96 valence electrons. The van der Waals surface area contributed by atoms with Crippen LogP contribution in [-0.2, 0) is 4.74 Å². The van der Waals surface area contributed by atoms with Crippen LogP contribution in [0.25, 0.3) is 0 Å². The monoisotopic (exact) mass is 245 g/mol. The van der Waals surface area contributed by atoms with Gasteiger partial charge in [0.15, 0.2) is 5.96 Å². The van der Waals surface area contributed by atoms with Gasteiger partial charge in [-0.3, -0.25) is 4.99 Å². The molecule has 1 fully saturated rings. The van der Waals surface area contributed by atoms with Crippen LogP contribution in [0.2, 0.25) is 0 Å². The van der Waals surface area contributed by atoms with E-state index in [0.29, 0.717) is 17.9 Å². The highest BCUT2D eigenvalue weighted by Crippen LogP contribution is 2.29. The van der Waals surface area contributed by atoms with Crippen molar-refractivity contribution < 1.29 is 4.74 Å². The van der Waals surface area contributed by atoms with Crippen LogP contribution in [0.15, 0.2) is 29.3 Å². The number of hydrogen-bond acceptors (Lipinski definition) is 4. The highest BCUT2D eigenvalue weighted by molar-refractivity contribution is 5.97. The summed E-state index contributed by atoms with van der Waals surface area (Å²) >= 11 is 0. The fraction of sp³-hybridized carbons (Fsp3) is 0.500. The van der Waals surface area contributed by atoms with Crippen LogP contribution < -0.4 is 10.6 Å². The average Bonchev–Trinajstić information content (AvgIpc) is 2.99. The number of anilines is 1. The Morgan fingerprint density at radius 2 is 2.11 bits per heavy atom. The molecule has 0 spiro atoms. The predicted octanol–water partition coefficient (Wildman–Crippen LogP) is 1.53. The normalized spacial score (nSPS) is 27.6. The summed E-state index contributed by atoms with van der Waals surface area (Å²) in [5, 5.41) is 0. The first kappa shape index (κ1) is 11.5. The second-order valence-electron chi connectivity index (χ2n) is 5.10. The fourth-order valence-corrected chi connectivity index (χ4v) is 2.76. The Hall–Kier alpha value is -1.55. The van der Waals surface area contributed by atoms with Crippen molar-refractivity contribution in [3.05, 3.63) is 29.8 Å². The Bertz CT molecular complexity index is 449. The van der Waals surface area contributed by atoms with Gasteiger partial charge in [-0.15, -0.1) is 0 Å². The third-order valence-electron chi connectivity index (χ3n) is 3.84. The van der Waals surface area contributed by atoms with Gasteiger partial charge < -0.3 is 15.4 Å². The lowest BCUT2D eigenvalue weighted by molar-refractivity contribution is 0.182. The molecule has 3 rings (SSSR count). The maximum absolute atomic E-state index is 6.04. The Morgan fingerprint density at radius 1 is 1.33 bits per heavy atom. The number of aliphatic imine (C=N–C) groups is 1. The summed E-state index contributed by atoms with van der Waals surface area (Å²) in [7, 11) is 0. The van der Waals surface area contributed by atoms with Gasteiger partial charge in [0.05, 0.1) is 19.2 Å². The van der Waals surface area contributed by atoms with E-state index < -0.39 is 0 Å². The molecule has 2 unspecified atom stereocenters. The molecule has 4 heteroatoms. The highest BCUT2D eigenvalue weighted by Gasteiger charge is 2.35. The van der Waals surface area contributed by atoms with Gasteiger partial charge in [0.25, 0.3) is 0 Å². The summed E-state index contributed by atoms with van der Waals surface area (Å²) in [4.78, 5) is 6.57. The maximum atomic E-state index is 6.04. The minimum Gasteiger partial charge on any atom is -0.381 e. The van der Waals surface area contributed by atoms with Crippen LogP contribution >= 0.6 is 0 Å². The molecule has 2 atom stereocenters. The van der Waals surface area contributed by atoms with Crippen LogP contribution in [-0.4, -0.2) is 31.8 Å². The first-order chi connectivity index (χ1) is 8.75. The summed E-state index contributed by atoms with van der Waals surface area (Å²) < 4.78 is 5.49. The molecule has 1 aromatic rings. The number of benzene rings is 1. The first-order valence-electron chi connectivity index (χ1n) is 6.49. The van der Waals surface area contributed by atoms with Crippen molar-refractivity contribution in [2.75, 3.05) is 24.7 Å². The third-order valence-corrected chi connectivity index (χ3v) is 3.84. The zero-order valence-corrected chi connectivity index (χ0v) is 10.7. The van der Waals surface area contributed by atoms with Crippen molar-refractivity contribution in [2.45, 2.75) is 19.4 Å². The molecule has 0 aliphatic carbocycles. The number of nitrogens with zero attached hydrogens (tertiary/aromatic N) is 2. The average molecular weight is 245 g/mol. The van der Waals surface area contributed by atoms with E-state index in [1.165, 1.54) is 5.56 Å². The van der Waals surface area contributed by atoms with Gasteiger partial charge in [-0.1, -0.05) is 17.7 Å². The molecule has 1 saturated heterocycles. The predicted molar refractivity (Wildman–Crippen MR) is 72.9 cm³/mol. The molecule has 2 N–H and O–H groups in total. The summed E-state index contributed by atoms with van der Waals surface area (Å²) in [6.07, 6.45) is 1.11. The van der Waals surface area contributed by atoms with E-state index in [4.69, 9.17) is 10.5 Å². The number of ether oxygens (including phenoxy) is 1. The van der Waals surface area contributed by atoms with Crippen molar-refractivity contribution in [1.82, 2.24) is 0 Å². The standard InChI is InChI=1S/C14H19N3O/c1-10-2-4-12(5-3-10)17-13(8-16-14(17)15)11-6-7-18-9-11/h2-5,11,13H,6-9H2,1H3,(H2,15,16). The third kappa shape index (κ3) is 1.97. The molecule has 2 aliphatic heterocycles. The summed E-state index contributed by atoms with van der Waals surface area (Å²) in [6, 6.07) is 8.82. The summed E-state index contributed by atoms with van der Waals surface area (Å²) in [5.74, 6) is 1.17. The van der Waals surface area contributed by atoms with Gasteiger partial charge in [0.1, 0.15) is 0 Å². The maximum Gasteiger partial charge on any atom is 0.196 e. The number of aryl methyl sites for hydroxylation is 1. The van der Waals surface area contributed by atoms with Gasteiger partial charge in [-0.05, 0) is 25.5 Å². The molecule has 2 aliphatic rings. The molecule has 0 bridgehead atoms. The Balaban J connectivity index is 1.86. The van der Waals surface area contributed by atoms with Crippen molar-refractivity contribution in [3.63, 3.8) is 0 Å². The molecule has 4 nitrogen and oxygen atoms in total. The zero-order valence-electron chi connectivity index (χ0n) is 10.7. The van der Waals surface area contributed by atoms with Crippen LogP contribution in [0.1, 0.15) is 12.0 Å². The SMILES string of the molecule is Cc1ccc(N2C(N)=NCC2C2CCOC2)cc1. The van der Waals surface area contributed by atoms with E-state index in [1.807, 2.05) is 0 Å². The molecule has 0 radical (unpaired) electrons. The molecule has 0 saturated carbocycles. The lowest BCUT2D eigenvalue weighted by Gasteiger charge is -2.30. The van der Waals surface area contributed by atoms with E-state index in [-0.39, 0.29) is 0 Å². The largest absolute Gasteiger partial charge is 0.381 e. The van der Waals surface area contributed by atoms with E-state index in [0.717, 1.165) is 31.9 Å². The molecule has 0 aromatic heterocycles. The van der Waals surface area contributed by atoms with Crippen molar-refractivity contribution in [1.29, 1.82) is 0 Å². The number of rotatable bonds is 2. The van der Waals surface area contributed by atoms with E-state index in [9.17, 15) is 0 Å². The molecular formula is C14H19N3O. The van der Waals surface area contributed by atoms with Gasteiger partial charge >= 0.3 is 0 Å². The summed E-state index contributed by atoms with van der Waals surface area (Å²) in [5.41, 5.74) is 8.44. The fourth-order valence-electron chi connectivity index (χ4n) is 2.76. The molecule has 1 aromatic carbocycles. The molecule has 2 heterocycles. The Labute approximate surface area is 107 Å². The smallest absolute Gasteiger partial charge is 0.196 e. The molecule has 0 amide bonds. The molecule has 18 heavy (non-hydrogen) atoms. The quantitative estimate of drug-likeness (QED) is 0.859. The second-order valence-corrected chi connectivity index (χ2v) is 5.10. The Kier molecular flexibility index (Phi) is 2.96. The van der Waals surface area contributed by atoms with Crippen LogP contribution in [0.4, 0.5) is 5.69 Å². The van der Waals surface area contributed by atoms with Gasteiger partial charge in [-0.2, -0.15) is 0 Å².